The highest BCUT2D eigenvalue weighted by atomic mass is 32.2. The first kappa shape index (κ1) is 24.1. The Balaban J connectivity index is 1.70. The molecular weight excluding hydrogens is 471 g/mol. The maximum atomic E-state index is 13.4. The predicted molar refractivity (Wildman–Crippen MR) is 139 cm³/mol. The molecule has 0 spiro atoms. The minimum Gasteiger partial charge on any atom is -0.369 e. The van der Waals surface area contributed by atoms with E-state index in [0.717, 1.165) is 42.2 Å². The molecule has 9 heteroatoms. The lowest BCUT2D eigenvalue weighted by molar-refractivity contribution is -0.122. The molecule has 0 radical (unpaired) electrons. The average Bonchev–Trinajstić information content (AvgIpc) is 3.08. The number of hydrogen-bond donors (Lipinski definition) is 1. The zero-order valence-corrected chi connectivity index (χ0v) is 20.6. The van der Waals surface area contributed by atoms with Gasteiger partial charge in [-0.2, -0.15) is 0 Å². The van der Waals surface area contributed by atoms with Crippen molar-refractivity contribution in [3.05, 3.63) is 80.4 Å². The van der Waals surface area contributed by atoms with Gasteiger partial charge in [-0.25, -0.2) is 9.37 Å². The van der Waals surface area contributed by atoms with Gasteiger partial charge < -0.3 is 5.32 Å². The van der Waals surface area contributed by atoms with Crippen LogP contribution in [0.1, 0.15) is 42.9 Å². The lowest BCUT2D eigenvalue weighted by Gasteiger charge is -2.14. The number of thioether (sulfide) groups is 1. The fourth-order valence-corrected chi connectivity index (χ4v) is 4.93. The quantitative estimate of drug-likeness (QED) is 0.264. The van der Waals surface area contributed by atoms with Gasteiger partial charge in [0.15, 0.2) is 0 Å². The van der Waals surface area contributed by atoms with Crippen molar-refractivity contribution in [3.63, 3.8) is 0 Å². The van der Waals surface area contributed by atoms with Crippen molar-refractivity contribution >= 4 is 51.7 Å². The van der Waals surface area contributed by atoms with Crippen molar-refractivity contribution in [3.8, 4) is 0 Å². The number of nitrogens with zero attached hydrogens (tertiary/aromatic N) is 3. The van der Waals surface area contributed by atoms with Crippen molar-refractivity contribution < 1.29 is 9.18 Å². The molecule has 1 fully saturated rings. The number of amides is 1. The number of fused-ring (bicyclic) bond motifs is 1. The summed E-state index contributed by atoms with van der Waals surface area (Å²) in [5.74, 6) is -0.170. The highest BCUT2D eigenvalue weighted by molar-refractivity contribution is 8.26. The van der Waals surface area contributed by atoms with Crippen LogP contribution in [-0.2, 0) is 11.3 Å². The average molecular weight is 497 g/mol. The minimum absolute atomic E-state index is 0.235. The molecule has 3 aromatic rings. The molecule has 1 aliphatic rings. The zero-order chi connectivity index (χ0) is 24.2. The fourth-order valence-electron chi connectivity index (χ4n) is 3.70. The molecule has 34 heavy (non-hydrogen) atoms. The van der Waals surface area contributed by atoms with Gasteiger partial charge in [-0.05, 0) is 48.7 Å². The SMILES string of the molecule is CCCCCNc1nc2c(C)cccn2c(=O)c1C=C1SC(=S)N(Cc2ccc(F)cc2)C1=O. The Bertz CT molecular complexity index is 1340. The van der Waals surface area contributed by atoms with Crippen LogP contribution in [0.2, 0.25) is 0 Å². The maximum Gasteiger partial charge on any atom is 0.267 e. The van der Waals surface area contributed by atoms with Crippen molar-refractivity contribution in [1.29, 1.82) is 0 Å². The van der Waals surface area contributed by atoms with E-state index in [2.05, 4.69) is 12.2 Å². The normalized spacial score (nSPS) is 15.0. The van der Waals surface area contributed by atoms with E-state index in [0.29, 0.717) is 32.8 Å². The van der Waals surface area contributed by atoms with Gasteiger partial charge in [-0.15, -0.1) is 0 Å². The summed E-state index contributed by atoms with van der Waals surface area (Å²) < 4.78 is 15.1. The molecule has 1 amide bonds. The highest BCUT2D eigenvalue weighted by Gasteiger charge is 2.32. The number of carbonyl (C=O) groups excluding carboxylic acids is 1. The standard InChI is InChI=1S/C25H25FN4O2S2/c1-3-4-5-12-27-21-19(23(31)29-13-6-7-16(2)22(29)28-21)14-20-24(32)30(25(33)34-20)15-17-8-10-18(26)11-9-17/h6-11,13-14,27H,3-5,12,15H2,1-2H3. The second kappa shape index (κ2) is 10.5. The molecule has 0 saturated carbocycles. The Hall–Kier alpha value is -3.04. The Morgan fingerprint density at radius 3 is 2.68 bits per heavy atom. The first-order valence-corrected chi connectivity index (χ1v) is 12.4. The summed E-state index contributed by atoms with van der Waals surface area (Å²) in [4.78, 5) is 33.1. The van der Waals surface area contributed by atoms with Crippen LogP contribution in [0, 0.1) is 12.7 Å². The Labute approximate surface area is 206 Å². The topological polar surface area (TPSA) is 66.7 Å². The monoisotopic (exact) mass is 496 g/mol. The number of pyridine rings is 1. The van der Waals surface area contributed by atoms with Gasteiger partial charge in [0.2, 0.25) is 0 Å². The molecule has 4 rings (SSSR count). The number of hydrogen-bond acceptors (Lipinski definition) is 6. The molecule has 3 heterocycles. The molecule has 0 aliphatic carbocycles. The zero-order valence-electron chi connectivity index (χ0n) is 19.0. The van der Waals surface area contributed by atoms with Crippen LogP contribution in [0.3, 0.4) is 0 Å². The summed E-state index contributed by atoms with van der Waals surface area (Å²) in [6, 6.07) is 9.65. The Kier molecular flexibility index (Phi) is 7.43. The van der Waals surface area contributed by atoms with Crippen molar-refractivity contribution in [2.24, 2.45) is 0 Å². The minimum atomic E-state index is -0.340. The van der Waals surface area contributed by atoms with E-state index in [9.17, 15) is 14.0 Å². The first-order valence-electron chi connectivity index (χ1n) is 11.1. The Morgan fingerprint density at radius 1 is 1.18 bits per heavy atom. The number of aromatic nitrogens is 2. The van der Waals surface area contributed by atoms with Gasteiger partial charge in [0, 0.05) is 12.7 Å². The number of thiocarbonyl (C=S) groups is 1. The van der Waals surface area contributed by atoms with Crippen LogP contribution >= 0.6 is 24.0 Å². The number of carbonyl (C=O) groups is 1. The highest BCUT2D eigenvalue weighted by Crippen LogP contribution is 2.34. The number of rotatable bonds is 8. The maximum absolute atomic E-state index is 13.4. The summed E-state index contributed by atoms with van der Waals surface area (Å²) in [6.45, 7) is 4.94. The third kappa shape index (κ3) is 5.05. The number of halogens is 1. The van der Waals surface area contributed by atoms with Crippen molar-refractivity contribution in [1.82, 2.24) is 14.3 Å². The number of unbranched alkanes of at least 4 members (excludes halogenated alkanes) is 2. The molecule has 0 unspecified atom stereocenters. The van der Waals surface area contributed by atoms with E-state index < -0.39 is 0 Å². The largest absolute Gasteiger partial charge is 0.369 e. The van der Waals surface area contributed by atoms with Crippen LogP contribution in [0.25, 0.3) is 11.7 Å². The summed E-state index contributed by atoms with van der Waals surface area (Å²) in [7, 11) is 0. The molecule has 0 bridgehead atoms. The Morgan fingerprint density at radius 2 is 1.94 bits per heavy atom. The molecular formula is C25H25FN4O2S2. The lowest BCUT2D eigenvalue weighted by Crippen LogP contribution is -2.27. The third-order valence-corrected chi connectivity index (χ3v) is 6.94. The smallest absolute Gasteiger partial charge is 0.267 e. The molecule has 1 saturated heterocycles. The van der Waals surface area contributed by atoms with Crippen LogP contribution in [0.15, 0.2) is 52.3 Å². The van der Waals surface area contributed by atoms with Gasteiger partial charge in [0.1, 0.15) is 21.6 Å². The summed E-state index contributed by atoms with van der Waals surface area (Å²) >= 11 is 6.58. The van der Waals surface area contributed by atoms with Crippen LogP contribution in [0.5, 0.6) is 0 Å². The first-order chi connectivity index (χ1) is 16.4. The lowest BCUT2D eigenvalue weighted by atomic mass is 10.2. The molecule has 176 valence electrons. The predicted octanol–water partition coefficient (Wildman–Crippen LogP) is 5.15. The van der Waals surface area contributed by atoms with Gasteiger partial charge in [-0.1, -0.05) is 61.9 Å². The third-order valence-electron chi connectivity index (χ3n) is 5.56. The van der Waals surface area contributed by atoms with E-state index in [-0.39, 0.29) is 23.8 Å². The molecule has 1 N–H and O–H groups in total. The molecule has 2 aromatic heterocycles. The number of benzene rings is 1. The fraction of sp³-hybridized carbons (Fsp3) is 0.280. The number of aryl methyl sites for hydroxylation is 1. The van der Waals surface area contributed by atoms with Crippen molar-refractivity contribution in [2.45, 2.75) is 39.7 Å². The van der Waals surface area contributed by atoms with Crippen molar-refractivity contribution in [2.75, 3.05) is 11.9 Å². The van der Waals surface area contributed by atoms with E-state index in [1.807, 2.05) is 13.0 Å². The number of anilines is 1. The summed E-state index contributed by atoms with van der Waals surface area (Å²) in [5.41, 5.74) is 2.29. The van der Waals surface area contributed by atoms with Gasteiger partial charge in [0.25, 0.3) is 11.5 Å². The summed E-state index contributed by atoms with van der Waals surface area (Å²) in [5, 5.41) is 3.29. The van der Waals surface area contributed by atoms with E-state index in [1.54, 1.807) is 30.5 Å². The second-order valence-electron chi connectivity index (χ2n) is 8.09. The van der Waals surface area contributed by atoms with Crippen LogP contribution in [0.4, 0.5) is 10.2 Å². The molecule has 1 aliphatic heterocycles. The van der Waals surface area contributed by atoms with Crippen LogP contribution in [-0.4, -0.2) is 31.1 Å². The van der Waals surface area contributed by atoms with E-state index in [4.69, 9.17) is 17.2 Å². The molecule has 1 aromatic carbocycles. The van der Waals surface area contributed by atoms with Gasteiger partial charge >= 0.3 is 0 Å². The summed E-state index contributed by atoms with van der Waals surface area (Å²) in [6.07, 6.45) is 6.35. The van der Waals surface area contributed by atoms with Crippen LogP contribution < -0.4 is 10.9 Å². The van der Waals surface area contributed by atoms with Gasteiger partial charge in [-0.3, -0.25) is 18.9 Å². The number of nitrogens with one attached hydrogen (secondary N) is 1. The molecule has 0 atom stereocenters. The molecule has 6 nitrogen and oxygen atoms in total. The second-order valence-corrected chi connectivity index (χ2v) is 9.77. The van der Waals surface area contributed by atoms with E-state index >= 15 is 0 Å². The van der Waals surface area contributed by atoms with E-state index in [1.165, 1.54) is 21.4 Å². The van der Waals surface area contributed by atoms with Gasteiger partial charge in [0.05, 0.1) is 17.0 Å².